The predicted molar refractivity (Wildman–Crippen MR) is 108 cm³/mol. The van der Waals surface area contributed by atoms with Crippen LogP contribution in [0.3, 0.4) is 0 Å². The van der Waals surface area contributed by atoms with Crippen LogP contribution in [0.4, 0.5) is 0 Å². The number of phenolic OH excluding ortho intramolecular Hbond substituents is 1. The third-order valence-corrected chi connectivity index (χ3v) is 7.60. The highest BCUT2D eigenvalue weighted by atomic mass is 16.5. The number of amides is 1. The van der Waals surface area contributed by atoms with Crippen LogP contribution >= 0.6 is 0 Å². The average Bonchev–Trinajstić information content (AvgIpc) is 3.45. The summed E-state index contributed by atoms with van der Waals surface area (Å²) in [5.74, 6) is 1.54. The number of carbonyl (C=O) groups excluding carboxylic acids is 1. The number of hydrogen-bond donors (Lipinski definition) is 1. The Morgan fingerprint density at radius 3 is 2.86 bits per heavy atom. The van der Waals surface area contributed by atoms with Crippen molar-refractivity contribution in [2.75, 3.05) is 20.2 Å². The Hall–Kier alpha value is -2.01. The smallest absolute Gasteiger partial charge is 0.243 e. The first-order chi connectivity index (χ1) is 13.6. The first-order valence-electron chi connectivity index (χ1n) is 10.8. The lowest BCUT2D eigenvalue weighted by atomic mass is 9.85. The van der Waals surface area contributed by atoms with Gasteiger partial charge in [-0.2, -0.15) is 0 Å². The van der Waals surface area contributed by atoms with E-state index in [0.29, 0.717) is 29.7 Å². The third-order valence-electron chi connectivity index (χ3n) is 7.60. The average molecular weight is 383 g/mol. The fraction of sp³-hybridized carbons (Fsp3) is 0.609. The van der Waals surface area contributed by atoms with Gasteiger partial charge >= 0.3 is 0 Å². The van der Waals surface area contributed by atoms with Gasteiger partial charge in [-0.3, -0.25) is 9.69 Å². The molecule has 0 radical (unpaired) electrons. The van der Waals surface area contributed by atoms with Gasteiger partial charge in [0, 0.05) is 24.5 Å². The van der Waals surface area contributed by atoms with E-state index in [0.717, 1.165) is 37.9 Å². The zero-order valence-corrected chi connectivity index (χ0v) is 16.6. The number of carbonyl (C=O) groups is 1. The number of nitrogens with zero attached hydrogens (tertiary/aromatic N) is 2. The summed E-state index contributed by atoms with van der Waals surface area (Å²) < 4.78 is 5.22. The molecule has 1 saturated carbocycles. The lowest BCUT2D eigenvalue weighted by Crippen LogP contribution is -2.52. The minimum absolute atomic E-state index is 0.158. The van der Waals surface area contributed by atoms with Gasteiger partial charge in [-0.25, -0.2) is 0 Å². The zero-order valence-electron chi connectivity index (χ0n) is 16.6. The van der Waals surface area contributed by atoms with E-state index in [1.165, 1.54) is 25.7 Å². The molecule has 4 aliphatic rings. The standard InChI is InChI=1S/C23H30N2O3/c1-28-21-13-16(8-10-20(21)26)7-9-19-14-17-15-24(18-5-2-3-6-18)22(27)23(17)11-4-12-25(19)23/h7-10,13,17-19,26H,2-6,11-12,14-15H2,1H3/t17-,19+,23-/m0/s1. The van der Waals surface area contributed by atoms with Gasteiger partial charge in [-0.1, -0.05) is 31.1 Å². The maximum atomic E-state index is 13.5. The second-order valence-corrected chi connectivity index (χ2v) is 8.91. The SMILES string of the molecule is COc1cc(C=C[C@@H]2C[C@H]3CN(C4CCCC4)C(=O)[C@]34CCCN24)ccc1O. The van der Waals surface area contributed by atoms with Gasteiger partial charge in [-0.05, 0) is 56.3 Å². The normalized spacial score (nSPS) is 33.2. The van der Waals surface area contributed by atoms with E-state index in [2.05, 4.69) is 22.0 Å². The molecule has 1 N–H and O–H groups in total. The summed E-state index contributed by atoms with van der Waals surface area (Å²) in [6, 6.07) is 6.24. The summed E-state index contributed by atoms with van der Waals surface area (Å²) in [6.07, 6.45) is 12.5. The van der Waals surface area contributed by atoms with Crippen molar-refractivity contribution in [2.45, 2.75) is 62.6 Å². The molecule has 3 heterocycles. The van der Waals surface area contributed by atoms with Crippen molar-refractivity contribution in [3.05, 3.63) is 29.8 Å². The van der Waals surface area contributed by atoms with E-state index in [1.807, 2.05) is 12.1 Å². The molecule has 4 fully saturated rings. The molecule has 5 heteroatoms. The summed E-state index contributed by atoms with van der Waals surface area (Å²) >= 11 is 0. The fourth-order valence-corrected chi connectivity index (χ4v) is 6.31. The van der Waals surface area contributed by atoms with E-state index in [1.54, 1.807) is 13.2 Å². The monoisotopic (exact) mass is 382 g/mol. The molecule has 1 aromatic rings. The molecular formula is C23H30N2O3. The van der Waals surface area contributed by atoms with Crippen LogP contribution in [0.5, 0.6) is 11.5 Å². The van der Waals surface area contributed by atoms with Gasteiger partial charge < -0.3 is 14.7 Å². The van der Waals surface area contributed by atoms with Crippen molar-refractivity contribution >= 4 is 12.0 Å². The van der Waals surface area contributed by atoms with E-state index < -0.39 is 0 Å². The first-order valence-corrected chi connectivity index (χ1v) is 10.8. The highest BCUT2D eigenvalue weighted by molar-refractivity contribution is 5.90. The molecule has 1 aromatic carbocycles. The van der Waals surface area contributed by atoms with E-state index in [9.17, 15) is 9.90 Å². The van der Waals surface area contributed by atoms with E-state index >= 15 is 0 Å². The summed E-state index contributed by atoms with van der Waals surface area (Å²) in [5, 5.41) is 9.79. The van der Waals surface area contributed by atoms with Crippen LogP contribution < -0.4 is 4.74 Å². The highest BCUT2D eigenvalue weighted by Gasteiger charge is 2.65. The Labute approximate surface area is 167 Å². The summed E-state index contributed by atoms with van der Waals surface area (Å²) in [7, 11) is 1.57. The second kappa shape index (κ2) is 6.80. The molecule has 1 amide bonds. The lowest BCUT2D eigenvalue weighted by Gasteiger charge is -2.34. The molecule has 3 saturated heterocycles. The second-order valence-electron chi connectivity index (χ2n) is 8.91. The molecule has 3 aliphatic heterocycles. The van der Waals surface area contributed by atoms with Crippen LogP contribution in [0, 0.1) is 5.92 Å². The quantitative estimate of drug-likeness (QED) is 0.867. The van der Waals surface area contributed by atoms with E-state index in [4.69, 9.17) is 4.74 Å². The van der Waals surface area contributed by atoms with Crippen LogP contribution in [0.1, 0.15) is 50.5 Å². The van der Waals surface area contributed by atoms with Crippen molar-refractivity contribution in [1.29, 1.82) is 0 Å². The maximum absolute atomic E-state index is 13.5. The lowest BCUT2D eigenvalue weighted by molar-refractivity contribution is -0.138. The van der Waals surface area contributed by atoms with Crippen LogP contribution in [0.15, 0.2) is 24.3 Å². The van der Waals surface area contributed by atoms with Crippen molar-refractivity contribution in [2.24, 2.45) is 5.92 Å². The van der Waals surface area contributed by atoms with Crippen LogP contribution in [-0.2, 0) is 4.79 Å². The minimum Gasteiger partial charge on any atom is -0.504 e. The summed E-state index contributed by atoms with van der Waals surface area (Å²) in [5.41, 5.74) is 0.781. The number of ether oxygens (including phenoxy) is 1. The number of rotatable bonds is 4. The van der Waals surface area contributed by atoms with Crippen molar-refractivity contribution in [1.82, 2.24) is 9.80 Å². The van der Waals surface area contributed by atoms with Gasteiger partial charge in [0.1, 0.15) is 5.54 Å². The molecule has 0 unspecified atom stereocenters. The fourth-order valence-electron chi connectivity index (χ4n) is 6.31. The molecule has 150 valence electrons. The molecule has 28 heavy (non-hydrogen) atoms. The van der Waals surface area contributed by atoms with Crippen molar-refractivity contribution < 1.29 is 14.6 Å². The number of benzene rings is 1. The number of aromatic hydroxyl groups is 1. The van der Waals surface area contributed by atoms with Crippen LogP contribution in [0.2, 0.25) is 0 Å². The number of phenols is 1. The predicted octanol–water partition coefficient (Wildman–Crippen LogP) is 3.42. The highest BCUT2D eigenvalue weighted by Crippen LogP contribution is 2.52. The Morgan fingerprint density at radius 2 is 2.07 bits per heavy atom. The number of hydrogen-bond acceptors (Lipinski definition) is 4. The Bertz CT molecular complexity index is 801. The van der Waals surface area contributed by atoms with E-state index in [-0.39, 0.29) is 11.3 Å². The van der Waals surface area contributed by atoms with Crippen molar-refractivity contribution in [3.63, 3.8) is 0 Å². The Kier molecular flexibility index (Phi) is 4.38. The minimum atomic E-state index is -0.232. The number of likely N-dealkylation sites (tertiary alicyclic amines) is 1. The van der Waals surface area contributed by atoms with Gasteiger partial charge in [0.25, 0.3) is 0 Å². The largest absolute Gasteiger partial charge is 0.504 e. The Balaban J connectivity index is 1.36. The molecule has 1 spiro atoms. The Morgan fingerprint density at radius 1 is 1.25 bits per heavy atom. The third kappa shape index (κ3) is 2.59. The van der Waals surface area contributed by atoms with Crippen molar-refractivity contribution in [3.8, 4) is 11.5 Å². The molecule has 3 atom stereocenters. The topological polar surface area (TPSA) is 53.0 Å². The van der Waals surface area contributed by atoms with Crippen LogP contribution in [-0.4, -0.2) is 58.6 Å². The molecule has 0 aromatic heterocycles. The van der Waals surface area contributed by atoms with Gasteiger partial charge in [-0.15, -0.1) is 0 Å². The summed E-state index contributed by atoms with van der Waals surface area (Å²) in [4.78, 5) is 18.3. The molecule has 5 rings (SSSR count). The molecular weight excluding hydrogens is 352 g/mol. The number of methoxy groups -OCH3 is 1. The first kappa shape index (κ1) is 18.0. The maximum Gasteiger partial charge on any atom is 0.243 e. The zero-order chi connectivity index (χ0) is 19.3. The molecule has 1 aliphatic carbocycles. The van der Waals surface area contributed by atoms with Gasteiger partial charge in [0.05, 0.1) is 7.11 Å². The van der Waals surface area contributed by atoms with Gasteiger partial charge in [0.2, 0.25) is 5.91 Å². The molecule has 0 bridgehead atoms. The van der Waals surface area contributed by atoms with Gasteiger partial charge in [0.15, 0.2) is 11.5 Å². The summed E-state index contributed by atoms with van der Waals surface area (Å²) in [6.45, 7) is 1.98. The van der Waals surface area contributed by atoms with Crippen LogP contribution in [0.25, 0.3) is 6.08 Å². The molecule has 5 nitrogen and oxygen atoms in total.